The molecule has 7 nitrogen and oxygen atoms in total. The van der Waals surface area contributed by atoms with Gasteiger partial charge in [-0.05, 0) is 24.3 Å². The molecule has 3 atom stereocenters. The number of carbonyl (C=O) groups is 1. The van der Waals surface area contributed by atoms with Gasteiger partial charge in [0.15, 0.2) is 0 Å². The quantitative estimate of drug-likeness (QED) is 0.456. The van der Waals surface area contributed by atoms with Gasteiger partial charge in [-0.15, -0.1) is 0 Å². The summed E-state index contributed by atoms with van der Waals surface area (Å²) in [4.78, 5) is 22.8. The highest BCUT2D eigenvalue weighted by atomic mass is 16.6. The van der Waals surface area contributed by atoms with Crippen LogP contribution in [0, 0.1) is 5.92 Å². The molecule has 1 aromatic rings. The first-order chi connectivity index (χ1) is 12.9. The maximum absolute atomic E-state index is 13.1. The van der Waals surface area contributed by atoms with Crippen molar-refractivity contribution in [2.24, 2.45) is 5.92 Å². The van der Waals surface area contributed by atoms with Crippen molar-refractivity contribution in [1.82, 2.24) is 20.2 Å². The first kappa shape index (κ1) is 21.1. The van der Waals surface area contributed by atoms with Crippen LogP contribution in [0.5, 0.6) is 0 Å². The van der Waals surface area contributed by atoms with Gasteiger partial charge in [0.25, 0.3) is 0 Å². The molecule has 0 saturated carbocycles. The van der Waals surface area contributed by atoms with E-state index in [1.165, 1.54) is 7.11 Å². The SMILES string of the molecule is C=C/C=C(\C=C)c1cnc(C2CCCN2C(=O)C(NC(O)OC)C(C)C)[nH]1. The van der Waals surface area contributed by atoms with Crippen molar-refractivity contribution in [2.75, 3.05) is 13.7 Å². The van der Waals surface area contributed by atoms with E-state index >= 15 is 0 Å². The lowest BCUT2D eigenvalue weighted by molar-refractivity contribution is -0.145. The number of hydrogen-bond acceptors (Lipinski definition) is 5. The maximum Gasteiger partial charge on any atom is 0.240 e. The summed E-state index contributed by atoms with van der Waals surface area (Å²) < 4.78 is 4.85. The van der Waals surface area contributed by atoms with Gasteiger partial charge in [-0.1, -0.05) is 45.2 Å². The Morgan fingerprint density at radius 1 is 1.52 bits per heavy atom. The number of nitrogens with zero attached hydrogens (tertiary/aromatic N) is 2. The second-order valence-electron chi connectivity index (χ2n) is 6.91. The van der Waals surface area contributed by atoms with Crippen LogP contribution >= 0.6 is 0 Å². The van der Waals surface area contributed by atoms with Crippen molar-refractivity contribution < 1.29 is 14.6 Å². The first-order valence-electron chi connectivity index (χ1n) is 9.20. The van der Waals surface area contributed by atoms with Crippen molar-refractivity contribution in [1.29, 1.82) is 0 Å². The van der Waals surface area contributed by atoms with Crippen LogP contribution in [-0.4, -0.2) is 52.0 Å². The second-order valence-corrected chi connectivity index (χ2v) is 6.91. The molecule has 0 aliphatic carbocycles. The van der Waals surface area contributed by atoms with Gasteiger partial charge in [-0.3, -0.25) is 10.1 Å². The van der Waals surface area contributed by atoms with E-state index in [0.717, 1.165) is 29.9 Å². The monoisotopic (exact) mass is 374 g/mol. The molecule has 1 fully saturated rings. The number of H-pyrrole nitrogens is 1. The Balaban J connectivity index is 2.22. The third-order valence-electron chi connectivity index (χ3n) is 4.75. The van der Waals surface area contributed by atoms with Crippen molar-refractivity contribution in [2.45, 2.75) is 45.2 Å². The smallest absolute Gasteiger partial charge is 0.240 e. The number of aliphatic hydroxyl groups is 1. The molecule has 0 bridgehead atoms. The predicted octanol–water partition coefficient (Wildman–Crippen LogP) is 2.37. The minimum absolute atomic E-state index is 0.00129. The van der Waals surface area contributed by atoms with Crippen LogP contribution in [-0.2, 0) is 9.53 Å². The average Bonchev–Trinajstić information content (AvgIpc) is 3.31. The number of carbonyl (C=O) groups excluding carboxylic acids is 1. The van der Waals surface area contributed by atoms with Crippen LogP contribution in [0.1, 0.15) is 44.2 Å². The summed E-state index contributed by atoms with van der Waals surface area (Å²) in [6, 6.07) is -0.664. The zero-order valence-electron chi connectivity index (χ0n) is 16.3. The van der Waals surface area contributed by atoms with E-state index in [1.807, 2.05) is 24.8 Å². The minimum atomic E-state index is -1.18. The molecule has 3 N–H and O–H groups in total. The third-order valence-corrected chi connectivity index (χ3v) is 4.75. The van der Waals surface area contributed by atoms with Crippen molar-refractivity contribution in [3.63, 3.8) is 0 Å². The Kier molecular flexibility index (Phi) is 7.53. The number of amides is 1. The van der Waals surface area contributed by atoms with Crippen LogP contribution in [0.25, 0.3) is 5.57 Å². The summed E-state index contributed by atoms with van der Waals surface area (Å²) in [5.41, 5.74) is 1.73. The lowest BCUT2D eigenvalue weighted by atomic mass is 10.0. The molecule has 7 heteroatoms. The summed E-state index contributed by atoms with van der Waals surface area (Å²) in [7, 11) is 1.39. The van der Waals surface area contributed by atoms with Crippen LogP contribution in [0.3, 0.4) is 0 Å². The molecule has 1 amide bonds. The number of ether oxygens (including phenoxy) is 1. The number of rotatable bonds is 9. The van der Waals surface area contributed by atoms with E-state index in [4.69, 9.17) is 4.74 Å². The highest BCUT2D eigenvalue weighted by molar-refractivity contribution is 5.83. The van der Waals surface area contributed by atoms with Crippen LogP contribution < -0.4 is 5.32 Å². The minimum Gasteiger partial charge on any atom is -0.356 e. The number of aliphatic hydroxyl groups excluding tert-OH is 1. The zero-order valence-corrected chi connectivity index (χ0v) is 16.3. The third kappa shape index (κ3) is 4.94. The van der Waals surface area contributed by atoms with Gasteiger partial charge in [0.1, 0.15) is 5.82 Å². The molecule has 148 valence electrons. The summed E-state index contributed by atoms with van der Waals surface area (Å²) in [6.45, 7) is 12.0. The Morgan fingerprint density at radius 3 is 2.85 bits per heavy atom. The fraction of sp³-hybridized carbons (Fsp3) is 0.500. The topological polar surface area (TPSA) is 90.5 Å². The van der Waals surface area contributed by atoms with Crippen LogP contribution in [0.2, 0.25) is 0 Å². The molecular weight excluding hydrogens is 344 g/mol. The van der Waals surface area contributed by atoms with Crippen molar-refractivity contribution in [3.8, 4) is 0 Å². The van der Waals surface area contributed by atoms with Gasteiger partial charge < -0.3 is 19.7 Å². The first-order valence-corrected chi connectivity index (χ1v) is 9.20. The molecule has 1 aromatic heterocycles. The molecule has 0 aromatic carbocycles. The number of nitrogens with one attached hydrogen (secondary N) is 2. The molecule has 0 radical (unpaired) electrons. The lowest BCUT2D eigenvalue weighted by Gasteiger charge is -2.31. The van der Waals surface area contributed by atoms with Gasteiger partial charge in [-0.25, -0.2) is 4.98 Å². The second kappa shape index (κ2) is 9.64. The van der Waals surface area contributed by atoms with E-state index in [1.54, 1.807) is 18.3 Å². The number of allylic oxidation sites excluding steroid dienone is 4. The summed E-state index contributed by atoms with van der Waals surface area (Å²) in [5.74, 6) is 0.688. The maximum atomic E-state index is 13.1. The van der Waals surface area contributed by atoms with E-state index in [-0.39, 0.29) is 17.9 Å². The van der Waals surface area contributed by atoms with Gasteiger partial charge in [0.2, 0.25) is 12.3 Å². The number of imidazole rings is 1. The normalized spacial score (nSPS) is 20.0. The van der Waals surface area contributed by atoms with Crippen molar-refractivity contribution >= 4 is 11.5 Å². The zero-order chi connectivity index (χ0) is 20.0. The Morgan fingerprint density at radius 2 is 2.26 bits per heavy atom. The largest absolute Gasteiger partial charge is 0.356 e. The fourth-order valence-electron chi connectivity index (χ4n) is 3.31. The molecule has 1 aliphatic rings. The number of aromatic amines is 1. The Hall–Kier alpha value is -2.22. The standard InChI is InChI=1S/C20H30N4O3/c1-6-9-14(7-2)15-12-21-18(22-15)16-10-8-11-24(16)19(25)17(13(3)4)23-20(26)27-5/h6-7,9,12-13,16-17,20,23,26H,1-2,8,10-11H2,3-5H3,(H,21,22)/b14-9+. The molecule has 3 unspecified atom stereocenters. The Bertz CT molecular complexity index is 695. The van der Waals surface area contributed by atoms with E-state index in [0.29, 0.717) is 6.54 Å². The predicted molar refractivity (Wildman–Crippen MR) is 105 cm³/mol. The number of likely N-dealkylation sites (tertiary alicyclic amines) is 1. The summed E-state index contributed by atoms with van der Waals surface area (Å²) in [6.07, 6.45) is 7.60. The van der Waals surface area contributed by atoms with Gasteiger partial charge in [0.05, 0.1) is 24.0 Å². The highest BCUT2D eigenvalue weighted by Gasteiger charge is 2.37. The number of hydrogen-bond donors (Lipinski definition) is 3. The Labute approximate surface area is 160 Å². The fourth-order valence-corrected chi connectivity index (χ4v) is 3.31. The highest BCUT2D eigenvalue weighted by Crippen LogP contribution is 2.32. The number of aromatic nitrogens is 2. The molecule has 27 heavy (non-hydrogen) atoms. The van der Waals surface area contributed by atoms with E-state index < -0.39 is 12.5 Å². The van der Waals surface area contributed by atoms with Gasteiger partial charge in [-0.2, -0.15) is 0 Å². The molecule has 0 spiro atoms. The van der Waals surface area contributed by atoms with E-state index in [9.17, 15) is 9.90 Å². The summed E-state index contributed by atoms with van der Waals surface area (Å²) >= 11 is 0. The molecule has 1 aliphatic heterocycles. The van der Waals surface area contributed by atoms with Crippen LogP contribution in [0.15, 0.2) is 37.6 Å². The molecular formula is C20H30N4O3. The molecule has 1 saturated heterocycles. The van der Waals surface area contributed by atoms with Crippen molar-refractivity contribution in [3.05, 3.63) is 49.1 Å². The molecule has 2 rings (SSSR count). The van der Waals surface area contributed by atoms with Gasteiger partial charge >= 0.3 is 0 Å². The van der Waals surface area contributed by atoms with Crippen LogP contribution in [0.4, 0.5) is 0 Å². The average molecular weight is 374 g/mol. The van der Waals surface area contributed by atoms with Gasteiger partial charge in [0, 0.05) is 13.7 Å². The van der Waals surface area contributed by atoms with E-state index in [2.05, 4.69) is 28.4 Å². The summed E-state index contributed by atoms with van der Waals surface area (Å²) in [5, 5.41) is 12.6. The lowest BCUT2D eigenvalue weighted by Crippen LogP contribution is -2.52. The molecule has 2 heterocycles. The number of methoxy groups -OCH3 is 1.